The predicted molar refractivity (Wildman–Crippen MR) is 78.0 cm³/mol. The highest BCUT2D eigenvalue weighted by atomic mass is 35.5. The summed E-state index contributed by atoms with van der Waals surface area (Å²) in [4.78, 5) is 0. The minimum atomic E-state index is 0.185. The fourth-order valence-electron chi connectivity index (χ4n) is 2.10. The Bertz CT molecular complexity index is 511. The van der Waals surface area contributed by atoms with Crippen LogP contribution in [0.15, 0.2) is 41.0 Å². The van der Waals surface area contributed by atoms with Crippen LogP contribution in [-0.4, -0.2) is 6.04 Å². The number of hydrazine groups is 1. The molecule has 0 amide bonds. The van der Waals surface area contributed by atoms with Crippen molar-refractivity contribution in [2.75, 3.05) is 0 Å². The normalized spacial score (nSPS) is 12.6. The van der Waals surface area contributed by atoms with Crippen LogP contribution in [0.5, 0.6) is 0 Å². The number of nitrogens with one attached hydrogen (secondary N) is 1. The summed E-state index contributed by atoms with van der Waals surface area (Å²) < 4.78 is 5.32. The molecule has 3 nitrogen and oxygen atoms in total. The highest BCUT2D eigenvalue weighted by Crippen LogP contribution is 2.20. The lowest BCUT2D eigenvalue weighted by Crippen LogP contribution is -2.37. The van der Waals surface area contributed by atoms with Gasteiger partial charge in [0.05, 0.1) is 6.26 Å². The monoisotopic (exact) mass is 278 g/mol. The van der Waals surface area contributed by atoms with Crippen LogP contribution < -0.4 is 11.3 Å². The first-order valence-corrected chi connectivity index (χ1v) is 6.80. The van der Waals surface area contributed by atoms with E-state index in [0.29, 0.717) is 0 Å². The molecule has 0 aliphatic rings. The summed E-state index contributed by atoms with van der Waals surface area (Å²) in [7, 11) is 0. The van der Waals surface area contributed by atoms with Crippen molar-refractivity contribution in [2.24, 2.45) is 5.84 Å². The minimum Gasteiger partial charge on any atom is -0.469 e. The number of hydrogen-bond donors (Lipinski definition) is 2. The van der Waals surface area contributed by atoms with Gasteiger partial charge in [0.15, 0.2) is 0 Å². The molecule has 0 radical (unpaired) electrons. The molecule has 0 fully saturated rings. The topological polar surface area (TPSA) is 51.2 Å². The van der Waals surface area contributed by atoms with Crippen LogP contribution in [0.4, 0.5) is 0 Å². The number of rotatable bonds is 6. The molecule has 19 heavy (non-hydrogen) atoms. The van der Waals surface area contributed by atoms with Gasteiger partial charge in [0.1, 0.15) is 5.76 Å². The lowest BCUT2D eigenvalue weighted by molar-refractivity contribution is 0.447. The summed E-state index contributed by atoms with van der Waals surface area (Å²) in [5.74, 6) is 6.60. The number of benzene rings is 1. The van der Waals surface area contributed by atoms with Crippen LogP contribution in [0, 0.1) is 6.92 Å². The average Bonchev–Trinajstić information content (AvgIpc) is 2.90. The van der Waals surface area contributed by atoms with Crippen molar-refractivity contribution in [1.29, 1.82) is 0 Å². The van der Waals surface area contributed by atoms with Crippen molar-refractivity contribution in [3.63, 3.8) is 0 Å². The van der Waals surface area contributed by atoms with Crippen LogP contribution in [0.3, 0.4) is 0 Å². The second kappa shape index (κ2) is 6.75. The summed E-state index contributed by atoms with van der Waals surface area (Å²) in [5, 5.41) is 0.804. The number of aryl methyl sites for hydroxylation is 2. The largest absolute Gasteiger partial charge is 0.469 e. The van der Waals surface area contributed by atoms with Gasteiger partial charge in [-0.2, -0.15) is 0 Å². The van der Waals surface area contributed by atoms with Gasteiger partial charge in [-0.05, 0) is 49.1 Å². The van der Waals surface area contributed by atoms with Crippen molar-refractivity contribution >= 4 is 11.6 Å². The highest BCUT2D eigenvalue weighted by molar-refractivity contribution is 6.31. The molecule has 2 rings (SSSR count). The summed E-state index contributed by atoms with van der Waals surface area (Å²) in [6.07, 6.45) is 4.28. The molecule has 0 bridgehead atoms. The van der Waals surface area contributed by atoms with Crippen molar-refractivity contribution < 1.29 is 4.42 Å². The maximum absolute atomic E-state index is 6.24. The van der Waals surface area contributed by atoms with Gasteiger partial charge in [-0.15, -0.1) is 0 Å². The Morgan fingerprint density at radius 1 is 1.37 bits per heavy atom. The first kappa shape index (κ1) is 14.1. The van der Waals surface area contributed by atoms with E-state index in [2.05, 4.69) is 17.6 Å². The van der Waals surface area contributed by atoms with E-state index >= 15 is 0 Å². The molecule has 1 aromatic carbocycles. The number of hydrogen-bond acceptors (Lipinski definition) is 3. The zero-order valence-electron chi connectivity index (χ0n) is 11.0. The zero-order chi connectivity index (χ0) is 13.7. The zero-order valence-corrected chi connectivity index (χ0v) is 11.8. The van der Waals surface area contributed by atoms with E-state index in [4.69, 9.17) is 21.9 Å². The Kier molecular flexibility index (Phi) is 5.02. The van der Waals surface area contributed by atoms with E-state index in [1.165, 1.54) is 5.56 Å². The molecule has 2 aromatic rings. The van der Waals surface area contributed by atoms with Crippen LogP contribution >= 0.6 is 11.6 Å². The minimum absolute atomic E-state index is 0.185. The third-order valence-electron chi connectivity index (χ3n) is 3.23. The van der Waals surface area contributed by atoms with Gasteiger partial charge < -0.3 is 4.42 Å². The van der Waals surface area contributed by atoms with Crippen molar-refractivity contribution in [3.8, 4) is 0 Å². The molecule has 4 heteroatoms. The highest BCUT2D eigenvalue weighted by Gasteiger charge is 2.11. The predicted octanol–water partition coefficient (Wildman–Crippen LogP) is 3.25. The SMILES string of the molecule is Cc1ccc(CC(CCc2ccco2)NN)c(Cl)c1. The Hall–Kier alpha value is -1.29. The van der Waals surface area contributed by atoms with Gasteiger partial charge in [-0.3, -0.25) is 11.3 Å². The number of halogens is 1. The van der Waals surface area contributed by atoms with E-state index < -0.39 is 0 Å². The van der Waals surface area contributed by atoms with Crippen LogP contribution in [0.1, 0.15) is 23.3 Å². The molecular formula is C15H19ClN2O. The van der Waals surface area contributed by atoms with Gasteiger partial charge in [0, 0.05) is 17.5 Å². The smallest absolute Gasteiger partial charge is 0.103 e. The van der Waals surface area contributed by atoms with E-state index in [9.17, 15) is 0 Å². The molecule has 0 spiro atoms. The maximum Gasteiger partial charge on any atom is 0.103 e. The first-order valence-electron chi connectivity index (χ1n) is 6.42. The summed E-state index contributed by atoms with van der Waals surface area (Å²) in [5.41, 5.74) is 5.14. The molecule has 1 unspecified atom stereocenters. The van der Waals surface area contributed by atoms with Gasteiger partial charge in [-0.25, -0.2) is 0 Å². The molecule has 0 saturated heterocycles. The van der Waals surface area contributed by atoms with Gasteiger partial charge >= 0.3 is 0 Å². The number of furan rings is 1. The van der Waals surface area contributed by atoms with Crippen LogP contribution in [0.25, 0.3) is 0 Å². The van der Waals surface area contributed by atoms with Crippen molar-refractivity contribution in [3.05, 3.63) is 58.5 Å². The third kappa shape index (κ3) is 4.10. The molecule has 1 heterocycles. The Morgan fingerprint density at radius 3 is 2.84 bits per heavy atom. The Balaban J connectivity index is 1.94. The summed E-state index contributed by atoms with van der Waals surface area (Å²) in [6, 6.07) is 10.2. The van der Waals surface area contributed by atoms with Crippen LogP contribution in [0.2, 0.25) is 5.02 Å². The van der Waals surface area contributed by atoms with E-state index in [1.807, 2.05) is 25.1 Å². The summed E-state index contributed by atoms with van der Waals surface area (Å²) in [6.45, 7) is 2.03. The summed E-state index contributed by atoms with van der Waals surface area (Å²) >= 11 is 6.24. The second-order valence-electron chi connectivity index (χ2n) is 4.78. The van der Waals surface area contributed by atoms with Gasteiger partial charge in [-0.1, -0.05) is 23.7 Å². The molecule has 1 atom stereocenters. The maximum atomic E-state index is 6.24. The fourth-order valence-corrected chi connectivity index (χ4v) is 2.41. The lowest BCUT2D eigenvalue weighted by atomic mass is 10.0. The lowest BCUT2D eigenvalue weighted by Gasteiger charge is -2.16. The molecule has 0 saturated carbocycles. The van der Waals surface area contributed by atoms with E-state index in [0.717, 1.165) is 35.6 Å². The third-order valence-corrected chi connectivity index (χ3v) is 3.58. The molecule has 102 valence electrons. The molecule has 0 aliphatic carbocycles. The average molecular weight is 279 g/mol. The van der Waals surface area contributed by atoms with Gasteiger partial charge in [0.2, 0.25) is 0 Å². The number of nitrogens with two attached hydrogens (primary N) is 1. The Morgan fingerprint density at radius 2 is 2.21 bits per heavy atom. The van der Waals surface area contributed by atoms with Crippen molar-refractivity contribution in [2.45, 2.75) is 32.2 Å². The van der Waals surface area contributed by atoms with Crippen LogP contribution in [-0.2, 0) is 12.8 Å². The molecule has 1 aromatic heterocycles. The Labute approximate surface area is 118 Å². The van der Waals surface area contributed by atoms with Gasteiger partial charge in [0.25, 0.3) is 0 Å². The molecule has 3 N–H and O–H groups in total. The molecule has 0 aliphatic heterocycles. The standard InChI is InChI=1S/C15H19ClN2O/c1-11-4-5-12(15(16)9-11)10-13(18-17)6-7-14-3-2-8-19-14/h2-5,8-9,13,18H,6-7,10,17H2,1H3. The fraction of sp³-hybridized carbons (Fsp3) is 0.333. The quantitative estimate of drug-likeness (QED) is 0.630. The van der Waals surface area contributed by atoms with E-state index in [-0.39, 0.29) is 6.04 Å². The van der Waals surface area contributed by atoms with E-state index in [1.54, 1.807) is 6.26 Å². The molecular weight excluding hydrogens is 260 g/mol. The van der Waals surface area contributed by atoms with Crippen molar-refractivity contribution in [1.82, 2.24) is 5.43 Å². The second-order valence-corrected chi connectivity index (χ2v) is 5.19. The first-order chi connectivity index (χ1) is 9.19.